The molecule has 0 spiro atoms. The molecule has 5 aromatic rings. The molecule has 2 aromatic heterocycles. The zero-order valence-corrected chi connectivity index (χ0v) is 17.2. The van der Waals surface area contributed by atoms with Crippen LogP contribution in [0.25, 0.3) is 31.8 Å². The Morgan fingerprint density at radius 3 is 2.69 bits per heavy atom. The van der Waals surface area contributed by atoms with Gasteiger partial charge in [0.05, 0.1) is 15.8 Å². The molecule has 32 heavy (non-hydrogen) atoms. The van der Waals surface area contributed by atoms with Gasteiger partial charge in [-0.2, -0.15) is 5.26 Å². The SMILES string of the molecule is N#Cc1c(-c2nc3ccccc3s2)c(=O)oc2cc(OCc3ccc(O)c(O)c3)ccc12. The normalized spacial score (nSPS) is 11.0. The van der Waals surface area contributed by atoms with Gasteiger partial charge in [-0.05, 0) is 42.0 Å². The Hall–Kier alpha value is -4.35. The number of phenolic OH excluding ortho intramolecular Hbond substituents is 2. The van der Waals surface area contributed by atoms with Crippen LogP contribution in [0.3, 0.4) is 0 Å². The topological polar surface area (TPSA) is 117 Å². The number of fused-ring (bicyclic) bond motifs is 2. The molecule has 3 aromatic carbocycles. The van der Waals surface area contributed by atoms with Gasteiger partial charge >= 0.3 is 5.63 Å². The van der Waals surface area contributed by atoms with Crippen molar-refractivity contribution in [3.05, 3.63) is 82.2 Å². The van der Waals surface area contributed by atoms with E-state index in [-0.39, 0.29) is 34.8 Å². The van der Waals surface area contributed by atoms with Crippen molar-refractivity contribution in [2.75, 3.05) is 0 Å². The molecule has 0 radical (unpaired) electrons. The van der Waals surface area contributed by atoms with Crippen molar-refractivity contribution in [1.82, 2.24) is 4.98 Å². The summed E-state index contributed by atoms with van der Waals surface area (Å²) in [7, 11) is 0. The lowest BCUT2D eigenvalue weighted by Gasteiger charge is -2.09. The van der Waals surface area contributed by atoms with Crippen molar-refractivity contribution < 1.29 is 19.4 Å². The maximum absolute atomic E-state index is 12.8. The van der Waals surface area contributed by atoms with Gasteiger partial charge in [-0.25, -0.2) is 9.78 Å². The molecular formula is C24H14N2O5S. The molecule has 0 unspecified atom stereocenters. The van der Waals surface area contributed by atoms with Gasteiger partial charge in [0, 0.05) is 11.5 Å². The highest BCUT2D eigenvalue weighted by Crippen LogP contribution is 2.34. The number of ether oxygens (including phenoxy) is 1. The van der Waals surface area contributed by atoms with E-state index < -0.39 is 5.63 Å². The van der Waals surface area contributed by atoms with E-state index in [1.807, 2.05) is 24.3 Å². The number of hydrogen-bond donors (Lipinski definition) is 2. The summed E-state index contributed by atoms with van der Waals surface area (Å²) in [6, 6.07) is 18.9. The molecule has 0 fully saturated rings. The van der Waals surface area contributed by atoms with Crippen molar-refractivity contribution in [3.63, 3.8) is 0 Å². The van der Waals surface area contributed by atoms with Crippen LogP contribution in [0.2, 0.25) is 0 Å². The van der Waals surface area contributed by atoms with Crippen molar-refractivity contribution in [3.8, 4) is 33.9 Å². The Morgan fingerprint density at radius 1 is 1.06 bits per heavy atom. The fourth-order valence-electron chi connectivity index (χ4n) is 3.39. The minimum absolute atomic E-state index is 0.123. The lowest BCUT2D eigenvalue weighted by atomic mass is 10.1. The van der Waals surface area contributed by atoms with Crippen LogP contribution in [0, 0.1) is 11.3 Å². The van der Waals surface area contributed by atoms with E-state index >= 15 is 0 Å². The summed E-state index contributed by atoms with van der Waals surface area (Å²) in [5.41, 5.74) is 1.32. The summed E-state index contributed by atoms with van der Waals surface area (Å²) in [6.45, 7) is 0.123. The maximum atomic E-state index is 12.8. The fraction of sp³-hybridized carbons (Fsp3) is 0.0417. The number of aromatic nitrogens is 1. The summed E-state index contributed by atoms with van der Waals surface area (Å²) < 4.78 is 12.1. The highest BCUT2D eigenvalue weighted by Gasteiger charge is 2.20. The van der Waals surface area contributed by atoms with E-state index in [1.54, 1.807) is 24.3 Å². The Bertz CT molecular complexity index is 1560. The van der Waals surface area contributed by atoms with Gasteiger partial charge in [0.25, 0.3) is 0 Å². The molecule has 0 aliphatic heterocycles. The third kappa shape index (κ3) is 3.41. The van der Waals surface area contributed by atoms with E-state index in [2.05, 4.69) is 11.1 Å². The number of rotatable bonds is 4. The van der Waals surface area contributed by atoms with E-state index in [1.165, 1.54) is 23.5 Å². The molecule has 0 saturated carbocycles. The summed E-state index contributed by atoms with van der Waals surface area (Å²) >= 11 is 1.33. The highest BCUT2D eigenvalue weighted by molar-refractivity contribution is 7.21. The molecule has 0 atom stereocenters. The number of nitriles is 1. The van der Waals surface area contributed by atoms with Gasteiger partial charge in [0.1, 0.15) is 34.6 Å². The molecule has 5 rings (SSSR count). The molecule has 0 aliphatic carbocycles. The van der Waals surface area contributed by atoms with Crippen LogP contribution in [0.4, 0.5) is 0 Å². The molecule has 0 bridgehead atoms. The van der Waals surface area contributed by atoms with E-state index in [0.29, 0.717) is 21.7 Å². The van der Waals surface area contributed by atoms with Gasteiger partial charge in [-0.15, -0.1) is 11.3 Å². The smallest absolute Gasteiger partial charge is 0.348 e. The second-order valence-electron chi connectivity index (χ2n) is 7.01. The Balaban J connectivity index is 1.53. The first kappa shape index (κ1) is 19.6. The number of hydrogen-bond acceptors (Lipinski definition) is 8. The predicted octanol–water partition coefficient (Wildman–Crippen LogP) is 4.93. The summed E-state index contributed by atoms with van der Waals surface area (Å²) in [4.78, 5) is 17.3. The van der Waals surface area contributed by atoms with Crippen LogP contribution in [-0.2, 0) is 6.61 Å². The Kier molecular flexibility index (Phi) is 4.73. The standard InChI is InChI=1S/C24H14N2O5S/c25-11-16-15-7-6-14(30-12-13-5-8-18(27)19(28)9-13)10-20(15)31-24(29)22(16)23-26-17-3-1-2-4-21(17)32-23/h1-10,27-28H,12H2. The minimum Gasteiger partial charge on any atom is -0.504 e. The summed E-state index contributed by atoms with van der Waals surface area (Å²) in [6.07, 6.45) is 0. The third-order valence-corrected chi connectivity index (χ3v) is 6.00. The summed E-state index contributed by atoms with van der Waals surface area (Å²) in [5, 5.41) is 29.7. The third-order valence-electron chi connectivity index (χ3n) is 4.94. The molecule has 7 nitrogen and oxygen atoms in total. The van der Waals surface area contributed by atoms with Crippen molar-refractivity contribution >= 4 is 32.5 Å². The van der Waals surface area contributed by atoms with Gasteiger partial charge in [0.2, 0.25) is 0 Å². The van der Waals surface area contributed by atoms with Gasteiger partial charge in [-0.3, -0.25) is 0 Å². The van der Waals surface area contributed by atoms with Crippen LogP contribution in [-0.4, -0.2) is 15.2 Å². The largest absolute Gasteiger partial charge is 0.504 e. The first-order valence-electron chi connectivity index (χ1n) is 9.54. The number of phenols is 2. The zero-order valence-electron chi connectivity index (χ0n) is 16.4. The monoisotopic (exact) mass is 442 g/mol. The number of thiazole rings is 1. The average Bonchev–Trinajstić information content (AvgIpc) is 3.22. The van der Waals surface area contributed by atoms with Crippen molar-refractivity contribution in [2.24, 2.45) is 0 Å². The minimum atomic E-state index is -0.645. The first-order chi connectivity index (χ1) is 15.5. The number of para-hydroxylation sites is 1. The van der Waals surface area contributed by atoms with Gasteiger partial charge < -0.3 is 19.4 Å². The maximum Gasteiger partial charge on any atom is 0.348 e. The van der Waals surface area contributed by atoms with E-state index in [0.717, 1.165) is 10.2 Å². The lowest BCUT2D eigenvalue weighted by molar-refractivity contribution is 0.304. The fourth-order valence-corrected chi connectivity index (χ4v) is 4.39. The van der Waals surface area contributed by atoms with E-state index in [4.69, 9.17) is 9.15 Å². The predicted molar refractivity (Wildman–Crippen MR) is 120 cm³/mol. The number of nitrogens with zero attached hydrogens (tertiary/aromatic N) is 2. The lowest BCUT2D eigenvalue weighted by Crippen LogP contribution is -2.06. The second-order valence-corrected chi connectivity index (χ2v) is 8.04. The van der Waals surface area contributed by atoms with Gasteiger partial charge in [-0.1, -0.05) is 18.2 Å². The second kappa shape index (κ2) is 7.72. The van der Waals surface area contributed by atoms with Crippen molar-refractivity contribution in [2.45, 2.75) is 6.61 Å². The molecule has 0 saturated heterocycles. The van der Waals surface area contributed by atoms with E-state index in [9.17, 15) is 20.3 Å². The van der Waals surface area contributed by atoms with Crippen LogP contribution in [0.1, 0.15) is 11.1 Å². The molecule has 0 aliphatic rings. The first-order valence-corrected chi connectivity index (χ1v) is 10.4. The Labute approximate surface area is 185 Å². The highest BCUT2D eigenvalue weighted by atomic mass is 32.1. The number of aromatic hydroxyl groups is 2. The molecule has 0 amide bonds. The van der Waals surface area contributed by atoms with Crippen molar-refractivity contribution in [1.29, 1.82) is 5.26 Å². The molecule has 2 N–H and O–H groups in total. The number of benzene rings is 3. The molecule has 156 valence electrons. The molecule has 8 heteroatoms. The summed E-state index contributed by atoms with van der Waals surface area (Å²) in [5.74, 6) is -0.0318. The molecular weight excluding hydrogens is 428 g/mol. The van der Waals surface area contributed by atoms with Crippen LogP contribution < -0.4 is 10.4 Å². The zero-order chi connectivity index (χ0) is 22.2. The molecule has 2 heterocycles. The van der Waals surface area contributed by atoms with Gasteiger partial charge in [0.15, 0.2) is 11.5 Å². The Morgan fingerprint density at radius 2 is 1.91 bits per heavy atom. The quantitative estimate of drug-likeness (QED) is 0.299. The van der Waals surface area contributed by atoms with Crippen LogP contribution >= 0.6 is 11.3 Å². The average molecular weight is 442 g/mol. The van der Waals surface area contributed by atoms with Crippen LogP contribution in [0.15, 0.2) is 69.9 Å². The van der Waals surface area contributed by atoms with Crippen LogP contribution in [0.5, 0.6) is 17.2 Å².